The number of H-pyrrole nitrogens is 1. The maximum atomic E-state index is 5.69. The molecule has 1 heterocycles. The summed E-state index contributed by atoms with van der Waals surface area (Å²) in [6, 6.07) is 6.09. The molecule has 0 amide bonds. The summed E-state index contributed by atoms with van der Waals surface area (Å²) in [5.41, 5.74) is 10.9. The quantitative estimate of drug-likeness (QED) is 0.850. The molecule has 4 heteroatoms. The highest BCUT2D eigenvalue weighted by Gasteiger charge is 2.12. The lowest BCUT2D eigenvalue weighted by Gasteiger charge is -2.08. The average Bonchev–Trinajstić information content (AvgIpc) is 2.70. The molecule has 3 N–H and O–H groups in total. The first-order valence-corrected chi connectivity index (χ1v) is 5.56. The molecule has 17 heavy (non-hydrogen) atoms. The Kier molecular flexibility index (Phi) is 3.15. The topological polar surface area (TPSA) is 63.9 Å². The van der Waals surface area contributed by atoms with Gasteiger partial charge >= 0.3 is 0 Å². The Labute approximate surface area is 101 Å². The van der Waals surface area contributed by atoms with E-state index in [0.717, 1.165) is 33.8 Å². The summed E-state index contributed by atoms with van der Waals surface area (Å²) in [7, 11) is 1.68. The van der Waals surface area contributed by atoms with Crippen LogP contribution < -0.4 is 10.5 Å². The zero-order chi connectivity index (χ0) is 12.4. The smallest absolute Gasteiger partial charge is 0.121 e. The molecule has 0 aliphatic rings. The van der Waals surface area contributed by atoms with Gasteiger partial charge in [-0.15, -0.1) is 0 Å². The molecule has 0 fully saturated rings. The highest BCUT2D eigenvalue weighted by atomic mass is 16.5. The molecule has 90 valence electrons. The van der Waals surface area contributed by atoms with Crippen LogP contribution in [-0.4, -0.2) is 17.3 Å². The number of ether oxygens (including phenoxy) is 1. The summed E-state index contributed by atoms with van der Waals surface area (Å²) in [5, 5.41) is 7.18. The van der Waals surface area contributed by atoms with Crippen LogP contribution in [0.1, 0.15) is 17.0 Å². The van der Waals surface area contributed by atoms with Gasteiger partial charge in [0.1, 0.15) is 5.75 Å². The fourth-order valence-electron chi connectivity index (χ4n) is 2.04. The van der Waals surface area contributed by atoms with Gasteiger partial charge in [0.2, 0.25) is 0 Å². The Morgan fingerprint density at radius 1 is 1.35 bits per heavy atom. The number of nitrogens with two attached hydrogens (primary N) is 1. The maximum absolute atomic E-state index is 5.69. The van der Waals surface area contributed by atoms with E-state index in [1.165, 1.54) is 0 Å². The van der Waals surface area contributed by atoms with Crippen LogP contribution in [0.4, 0.5) is 0 Å². The fourth-order valence-corrected chi connectivity index (χ4v) is 2.04. The molecule has 0 aliphatic carbocycles. The summed E-state index contributed by atoms with van der Waals surface area (Å²) in [4.78, 5) is 0. The fraction of sp³-hybridized carbons (Fsp3) is 0.308. The predicted octanol–water partition coefficient (Wildman–Crippen LogP) is 2.16. The number of nitrogens with one attached hydrogen (secondary N) is 1. The van der Waals surface area contributed by atoms with Crippen molar-refractivity contribution in [2.24, 2.45) is 5.73 Å². The number of methoxy groups -OCH3 is 1. The van der Waals surface area contributed by atoms with E-state index in [0.29, 0.717) is 6.54 Å². The van der Waals surface area contributed by atoms with Crippen molar-refractivity contribution in [2.45, 2.75) is 20.4 Å². The van der Waals surface area contributed by atoms with Crippen LogP contribution in [-0.2, 0) is 6.54 Å². The van der Waals surface area contributed by atoms with Crippen molar-refractivity contribution >= 4 is 0 Å². The van der Waals surface area contributed by atoms with E-state index in [9.17, 15) is 0 Å². The number of benzene rings is 1. The second-order valence-electron chi connectivity index (χ2n) is 4.06. The van der Waals surface area contributed by atoms with E-state index in [2.05, 4.69) is 16.3 Å². The number of rotatable bonds is 3. The molecule has 0 bridgehead atoms. The molecule has 1 aromatic heterocycles. The van der Waals surface area contributed by atoms with E-state index in [-0.39, 0.29) is 0 Å². The Balaban J connectivity index is 2.53. The van der Waals surface area contributed by atoms with Crippen molar-refractivity contribution in [1.82, 2.24) is 10.2 Å². The molecule has 2 aromatic rings. The largest absolute Gasteiger partial charge is 0.496 e. The van der Waals surface area contributed by atoms with Crippen LogP contribution in [0.2, 0.25) is 0 Å². The van der Waals surface area contributed by atoms with Gasteiger partial charge in [0, 0.05) is 17.8 Å². The SMILES string of the molecule is COc1ccc(-c2c(CN)n[nH]c2C)cc1C. The van der Waals surface area contributed by atoms with Gasteiger partial charge in [0.25, 0.3) is 0 Å². The Bertz CT molecular complexity index is 531. The summed E-state index contributed by atoms with van der Waals surface area (Å²) in [5.74, 6) is 0.893. The second kappa shape index (κ2) is 4.59. The first-order chi connectivity index (χ1) is 8.17. The third-order valence-corrected chi connectivity index (χ3v) is 2.90. The van der Waals surface area contributed by atoms with Gasteiger partial charge in [0.15, 0.2) is 0 Å². The minimum atomic E-state index is 0.435. The van der Waals surface area contributed by atoms with Gasteiger partial charge in [-0.3, -0.25) is 5.10 Å². The van der Waals surface area contributed by atoms with Crippen LogP contribution in [0.3, 0.4) is 0 Å². The zero-order valence-electron chi connectivity index (χ0n) is 10.4. The van der Waals surface area contributed by atoms with Crippen LogP contribution in [0.5, 0.6) is 5.75 Å². The molecule has 0 aliphatic heterocycles. The van der Waals surface area contributed by atoms with Gasteiger partial charge in [-0.25, -0.2) is 0 Å². The first-order valence-electron chi connectivity index (χ1n) is 5.56. The molecule has 1 aromatic carbocycles. The number of hydrogen-bond donors (Lipinski definition) is 2. The van der Waals surface area contributed by atoms with Gasteiger partial charge in [0.05, 0.1) is 12.8 Å². The second-order valence-corrected chi connectivity index (χ2v) is 4.06. The zero-order valence-corrected chi connectivity index (χ0v) is 10.4. The van der Waals surface area contributed by atoms with E-state index in [4.69, 9.17) is 10.5 Å². The monoisotopic (exact) mass is 231 g/mol. The molecule has 0 saturated carbocycles. The van der Waals surface area contributed by atoms with Crippen molar-refractivity contribution in [1.29, 1.82) is 0 Å². The Hall–Kier alpha value is -1.81. The maximum Gasteiger partial charge on any atom is 0.121 e. The van der Waals surface area contributed by atoms with Gasteiger partial charge < -0.3 is 10.5 Å². The third kappa shape index (κ3) is 2.03. The molecule has 0 atom stereocenters. The van der Waals surface area contributed by atoms with E-state index in [1.807, 2.05) is 26.0 Å². The van der Waals surface area contributed by atoms with Crippen molar-refractivity contribution in [3.63, 3.8) is 0 Å². The van der Waals surface area contributed by atoms with Gasteiger partial charge in [-0.05, 0) is 37.1 Å². The molecule has 0 radical (unpaired) electrons. The number of aromatic nitrogens is 2. The number of nitrogens with zero attached hydrogens (tertiary/aromatic N) is 1. The normalized spacial score (nSPS) is 10.6. The van der Waals surface area contributed by atoms with E-state index >= 15 is 0 Å². The van der Waals surface area contributed by atoms with Gasteiger partial charge in [-0.2, -0.15) is 5.10 Å². The van der Waals surface area contributed by atoms with Crippen molar-refractivity contribution in [2.75, 3.05) is 7.11 Å². The number of aryl methyl sites for hydroxylation is 2. The molecule has 4 nitrogen and oxygen atoms in total. The number of hydrogen-bond acceptors (Lipinski definition) is 3. The molecule has 0 spiro atoms. The highest BCUT2D eigenvalue weighted by Crippen LogP contribution is 2.29. The lowest BCUT2D eigenvalue weighted by atomic mass is 10.0. The van der Waals surface area contributed by atoms with Crippen LogP contribution >= 0.6 is 0 Å². The Morgan fingerprint density at radius 3 is 2.71 bits per heavy atom. The van der Waals surface area contributed by atoms with Crippen LogP contribution in [0.15, 0.2) is 18.2 Å². The Morgan fingerprint density at radius 2 is 2.12 bits per heavy atom. The summed E-state index contributed by atoms with van der Waals surface area (Å²) < 4.78 is 5.26. The van der Waals surface area contributed by atoms with Gasteiger partial charge in [-0.1, -0.05) is 6.07 Å². The van der Waals surface area contributed by atoms with Crippen LogP contribution in [0, 0.1) is 13.8 Å². The van der Waals surface area contributed by atoms with Crippen molar-refractivity contribution in [3.05, 3.63) is 35.2 Å². The van der Waals surface area contributed by atoms with E-state index < -0.39 is 0 Å². The molecule has 0 unspecified atom stereocenters. The molecule has 2 rings (SSSR count). The predicted molar refractivity (Wildman–Crippen MR) is 67.9 cm³/mol. The third-order valence-electron chi connectivity index (χ3n) is 2.90. The first kappa shape index (κ1) is 11.7. The van der Waals surface area contributed by atoms with Crippen molar-refractivity contribution in [3.8, 4) is 16.9 Å². The minimum Gasteiger partial charge on any atom is -0.496 e. The average molecular weight is 231 g/mol. The summed E-state index contributed by atoms with van der Waals surface area (Å²) >= 11 is 0. The standard InChI is InChI=1S/C13H17N3O/c1-8-6-10(4-5-12(8)17-3)13-9(2)15-16-11(13)7-14/h4-6H,7,14H2,1-3H3,(H,15,16). The lowest BCUT2D eigenvalue weighted by Crippen LogP contribution is -1.99. The van der Waals surface area contributed by atoms with Crippen LogP contribution in [0.25, 0.3) is 11.1 Å². The van der Waals surface area contributed by atoms with E-state index in [1.54, 1.807) is 7.11 Å². The molecular formula is C13H17N3O. The molecular weight excluding hydrogens is 214 g/mol. The molecule has 0 saturated heterocycles. The number of aromatic amines is 1. The minimum absolute atomic E-state index is 0.435. The summed E-state index contributed by atoms with van der Waals surface area (Å²) in [6.45, 7) is 4.46. The lowest BCUT2D eigenvalue weighted by molar-refractivity contribution is 0.412. The summed E-state index contributed by atoms with van der Waals surface area (Å²) in [6.07, 6.45) is 0. The van der Waals surface area contributed by atoms with Crippen molar-refractivity contribution < 1.29 is 4.74 Å². The highest BCUT2D eigenvalue weighted by molar-refractivity contribution is 5.70.